The maximum Gasteiger partial charge on any atom is 0.237 e. The van der Waals surface area contributed by atoms with E-state index in [4.69, 9.17) is 0 Å². The van der Waals surface area contributed by atoms with Gasteiger partial charge in [-0.15, -0.1) is 0 Å². The maximum absolute atomic E-state index is 14.2. The Labute approximate surface area is 706 Å². The normalized spacial score (nSPS) is 20.0. The molecule has 15 rings (SSSR count). The van der Waals surface area contributed by atoms with Gasteiger partial charge in [0.25, 0.3) is 0 Å². The van der Waals surface area contributed by atoms with Crippen LogP contribution in [-0.4, -0.2) is 128 Å². The van der Waals surface area contributed by atoms with E-state index in [1.54, 1.807) is 86.1 Å². The predicted molar refractivity (Wildman–Crippen MR) is 460 cm³/mol. The molecule has 20 nitrogen and oxygen atoms in total. The minimum absolute atomic E-state index is 0.0994. The number of hydrogen-bond acceptors (Lipinski definition) is 10. The third-order valence-corrected chi connectivity index (χ3v) is 22.9. The summed E-state index contributed by atoms with van der Waals surface area (Å²) in [6.45, 7) is 18.5. The largest absolute Gasteiger partial charge is 0.355 e. The average molecular weight is 1660 g/mol. The van der Waals surface area contributed by atoms with Gasteiger partial charge >= 0.3 is 0 Å². The molecule has 25 heteroatoms. The van der Waals surface area contributed by atoms with Gasteiger partial charge in [0.05, 0.1) is 17.1 Å². The summed E-state index contributed by atoms with van der Waals surface area (Å²) in [7, 11) is 5.12. The van der Waals surface area contributed by atoms with E-state index in [9.17, 15) is 69.9 Å². The molecule has 10 aromatic rings. The average Bonchev–Trinajstić information content (AvgIpc) is 1.65. The molecule has 7 N–H and O–H groups in total. The number of rotatable bonds is 15. The maximum atomic E-state index is 14.2. The fourth-order valence-corrected chi connectivity index (χ4v) is 15.6. The number of anilines is 5. The highest BCUT2D eigenvalue weighted by atomic mass is 19.1. The zero-order valence-electron chi connectivity index (χ0n) is 69.9. The van der Waals surface area contributed by atoms with Gasteiger partial charge in [-0.25, -0.2) is 22.0 Å². The van der Waals surface area contributed by atoms with Gasteiger partial charge in [-0.2, -0.15) is 0 Å². The molecule has 0 radical (unpaired) electrons. The summed E-state index contributed by atoms with van der Waals surface area (Å²) in [4.78, 5) is 130. The number of nitrogens with zero attached hydrogens (tertiary/aromatic N) is 3. The number of carbonyl (C=O) groups is 10. The number of halogens is 5. The van der Waals surface area contributed by atoms with Crippen LogP contribution in [0.5, 0.6) is 0 Å². The molecule has 5 fully saturated rings. The van der Waals surface area contributed by atoms with Crippen molar-refractivity contribution in [3.8, 4) is 0 Å². The molecule has 0 saturated carbocycles. The second-order valence-corrected chi connectivity index (χ2v) is 31.7. The van der Waals surface area contributed by atoms with Crippen LogP contribution >= 0.6 is 0 Å². The van der Waals surface area contributed by atoms with E-state index in [1.165, 1.54) is 31.2 Å². The molecule has 10 amide bonds. The Morgan fingerprint density at radius 2 is 0.557 bits per heavy atom. The Morgan fingerprint density at radius 3 is 0.877 bits per heavy atom. The fraction of sp³-hybridized carbons (Fsp3) is 0.278. The summed E-state index contributed by atoms with van der Waals surface area (Å²) in [5, 5.41) is 18.8. The van der Waals surface area contributed by atoms with Crippen LogP contribution in [0, 0.1) is 121 Å². The monoisotopic (exact) mass is 1660 g/mol. The zero-order chi connectivity index (χ0) is 88.1. The Balaban J connectivity index is 0.000000149. The molecular formula is C97H99F5N10O10. The summed E-state index contributed by atoms with van der Waals surface area (Å²) in [6.07, 6.45) is 0. The zero-order valence-corrected chi connectivity index (χ0v) is 69.9. The highest BCUT2D eigenvalue weighted by molar-refractivity contribution is 6.12. The summed E-state index contributed by atoms with van der Waals surface area (Å²) >= 11 is 0. The van der Waals surface area contributed by atoms with Crippen LogP contribution in [-0.2, 0) is 47.9 Å². The van der Waals surface area contributed by atoms with Crippen molar-refractivity contribution in [2.75, 3.05) is 80.5 Å². The van der Waals surface area contributed by atoms with Crippen molar-refractivity contribution in [1.82, 2.24) is 25.3 Å². The van der Waals surface area contributed by atoms with Crippen molar-refractivity contribution >= 4 is 87.5 Å². The molecule has 122 heavy (non-hydrogen) atoms. The number of benzene rings is 10. The lowest BCUT2D eigenvalue weighted by Crippen LogP contribution is -2.33. The fourth-order valence-electron chi connectivity index (χ4n) is 15.6. The van der Waals surface area contributed by atoms with Gasteiger partial charge in [0, 0.05) is 100 Å². The molecule has 0 bridgehead atoms. The van der Waals surface area contributed by atoms with Gasteiger partial charge in [0.1, 0.15) is 52.9 Å². The molecule has 0 aromatic heterocycles. The SMILES string of the molecule is Cc1ccc(C2CN(C)C(=O)C2C(=O)Nc2cccc(C)c2F)cc1.Cc1ccc(C2CN(C)C(=O)C2C(=O)Nc2ccccc2C)cc1.Cc1ccc(C2CNC(=O)C2C(=O)Nc2ccc(F)c(C)c2F)cc1.Cc1ccc(C2CNC(=O)C2C(=O)Nc2cccc(C)c2F)cc1.Cc1ccccc1NC(=O)C1C(=O)N(C)CC1c1ccc(F)cc1. The van der Waals surface area contributed by atoms with Crippen molar-refractivity contribution in [3.63, 3.8) is 0 Å². The van der Waals surface area contributed by atoms with Crippen LogP contribution in [0.2, 0.25) is 0 Å². The smallest absolute Gasteiger partial charge is 0.237 e. The van der Waals surface area contributed by atoms with E-state index in [-0.39, 0.29) is 93.5 Å². The van der Waals surface area contributed by atoms with Gasteiger partial charge in [0.2, 0.25) is 59.1 Å². The molecular weight excluding hydrogens is 1560 g/mol. The lowest BCUT2D eigenvalue weighted by Gasteiger charge is -2.18. The van der Waals surface area contributed by atoms with Gasteiger partial charge in [-0.05, 0) is 161 Å². The lowest BCUT2D eigenvalue weighted by atomic mass is 9.87. The molecule has 10 atom stereocenters. The van der Waals surface area contributed by atoms with Crippen molar-refractivity contribution in [2.45, 2.75) is 91.9 Å². The number of nitrogens with one attached hydrogen (secondary N) is 7. The second-order valence-electron chi connectivity index (χ2n) is 31.7. The third-order valence-electron chi connectivity index (χ3n) is 22.9. The number of amides is 10. The Hall–Kier alpha value is -13.5. The second kappa shape index (κ2) is 39.6. The van der Waals surface area contributed by atoms with E-state index in [0.717, 1.165) is 79.0 Å². The summed E-state index contributed by atoms with van der Waals surface area (Å²) in [5.74, 6) is -11.6. The molecule has 5 saturated heterocycles. The molecule has 5 heterocycles. The van der Waals surface area contributed by atoms with Crippen molar-refractivity contribution in [2.24, 2.45) is 29.6 Å². The molecule has 10 unspecified atom stereocenters. The Bertz CT molecular complexity index is 5430. The first kappa shape index (κ1) is 89.3. The quantitative estimate of drug-likeness (QED) is 0.0377. The van der Waals surface area contributed by atoms with Crippen molar-refractivity contribution < 1.29 is 69.9 Å². The van der Waals surface area contributed by atoms with Crippen molar-refractivity contribution in [1.29, 1.82) is 0 Å². The van der Waals surface area contributed by atoms with Crippen LogP contribution in [0.3, 0.4) is 0 Å². The molecule has 0 spiro atoms. The third kappa shape index (κ3) is 21.0. The summed E-state index contributed by atoms with van der Waals surface area (Å²) in [6, 6.07) is 64.1. The van der Waals surface area contributed by atoms with E-state index in [2.05, 4.69) is 37.2 Å². The highest BCUT2D eigenvalue weighted by Gasteiger charge is 2.48. The van der Waals surface area contributed by atoms with Crippen LogP contribution in [0.25, 0.3) is 0 Å². The van der Waals surface area contributed by atoms with E-state index in [0.29, 0.717) is 49.5 Å². The van der Waals surface area contributed by atoms with Crippen LogP contribution in [0.4, 0.5) is 50.4 Å². The van der Waals surface area contributed by atoms with Gasteiger partial charge < -0.3 is 51.9 Å². The van der Waals surface area contributed by atoms with Crippen molar-refractivity contribution in [3.05, 3.63) is 325 Å². The molecule has 10 aromatic carbocycles. The number of hydrogen-bond donors (Lipinski definition) is 7. The minimum Gasteiger partial charge on any atom is -0.355 e. The molecule has 5 aliphatic rings. The first-order valence-electron chi connectivity index (χ1n) is 40.1. The molecule has 0 aliphatic carbocycles. The number of likely N-dealkylation sites (N-methyl/N-ethyl adjacent to an activating group) is 3. The van der Waals surface area contributed by atoms with E-state index >= 15 is 0 Å². The molecule has 632 valence electrons. The van der Waals surface area contributed by atoms with E-state index in [1.807, 2.05) is 187 Å². The van der Waals surface area contributed by atoms with Gasteiger partial charge in [-0.3, -0.25) is 47.9 Å². The topological polar surface area (TPSA) is 265 Å². The first-order chi connectivity index (χ1) is 58.2. The summed E-state index contributed by atoms with van der Waals surface area (Å²) in [5.41, 5.74) is 13.2. The van der Waals surface area contributed by atoms with Crippen LogP contribution in [0.15, 0.2) is 218 Å². The Kier molecular flexibility index (Phi) is 29.0. The number of para-hydroxylation sites is 2. The van der Waals surface area contributed by atoms with Gasteiger partial charge in [0.15, 0.2) is 5.82 Å². The standard InChI is InChI=1S/C20H21FN2O2.C20H22N2O2.C19H18F2N2O2.2C19H19FN2O2/c1-12-7-9-14(10-8-12)15-11-23(3)20(25)17(15)19(24)22-16-6-4-5-13(2)18(16)21;1-13-8-10-15(11-9-13)16-12-22(3)20(24)18(16)19(23)21-17-7-5-4-6-14(17)2;1-10-3-5-12(6-4-10)13-9-22-18(24)16(13)19(25)23-15-8-7-14(20)11(2)17(15)21;1-11-6-8-13(9-7-11)14-10-21-18(23)16(14)19(24)22-15-5-3-4-12(2)17(15)20;1-12-5-3-4-6-16(12)21-18(23)17-15(11-22(2)19(17)24)13-7-9-14(20)10-8-13/h4-10,15,17H,11H2,1-3H3,(H,22,24);4-11,16,18H,12H2,1-3H3,(H,21,23);3-8,13,16H,9H2,1-2H3,(H,22,24)(H,23,25);3-9,14,16H,10H2,1-2H3,(H,21,23)(H,22,24);3-10,15,17H,11H2,1-2H3,(H,21,23). The summed E-state index contributed by atoms with van der Waals surface area (Å²) < 4.78 is 68.9. The Morgan fingerprint density at radius 1 is 0.295 bits per heavy atom. The minimum atomic E-state index is -0.965. The highest BCUT2D eigenvalue weighted by Crippen LogP contribution is 2.40. The van der Waals surface area contributed by atoms with Crippen LogP contribution in [0.1, 0.15) is 107 Å². The number of likely N-dealkylation sites (tertiary alicyclic amines) is 3. The lowest BCUT2D eigenvalue weighted by molar-refractivity contribution is -0.136. The number of carbonyl (C=O) groups excluding carboxylic acids is 10. The van der Waals surface area contributed by atoms with Gasteiger partial charge in [-0.1, -0.05) is 192 Å². The predicted octanol–water partition coefficient (Wildman–Crippen LogP) is 15.3. The number of aryl methyl sites for hydroxylation is 8. The first-order valence-corrected chi connectivity index (χ1v) is 40.1. The molecule has 5 aliphatic heterocycles. The van der Waals surface area contributed by atoms with E-state index < -0.39 is 76.5 Å². The van der Waals surface area contributed by atoms with Crippen LogP contribution < -0.4 is 37.2 Å².